The fourth-order valence-corrected chi connectivity index (χ4v) is 9.01. The van der Waals surface area contributed by atoms with E-state index in [1.807, 2.05) is 25.1 Å². The van der Waals surface area contributed by atoms with Gasteiger partial charge in [-0.2, -0.15) is 0 Å². The zero-order valence-electron chi connectivity index (χ0n) is 30.0. The molecular formula is C48H36N4OPt-2. The molecule has 0 radical (unpaired) electrons. The van der Waals surface area contributed by atoms with Crippen molar-refractivity contribution in [3.63, 3.8) is 0 Å². The van der Waals surface area contributed by atoms with Crippen LogP contribution in [0.1, 0.15) is 33.6 Å². The Morgan fingerprint density at radius 3 is 2.26 bits per heavy atom. The molecule has 13 rings (SSSR count). The normalized spacial score (nSPS) is 12.8. The number of nitrogens with zero attached hydrogens (tertiary/aromatic N) is 4. The van der Waals surface area contributed by atoms with E-state index in [-0.39, 0.29) is 0 Å². The van der Waals surface area contributed by atoms with Gasteiger partial charge in [0.2, 0.25) is 0 Å². The summed E-state index contributed by atoms with van der Waals surface area (Å²) in [6.45, 7) is 4.16. The first-order valence-electron chi connectivity index (χ1n) is 18.5. The predicted molar refractivity (Wildman–Crippen MR) is 212 cm³/mol. The molecule has 0 saturated carbocycles. The molecule has 266 valence electrons. The number of pyridine rings is 2. The zero-order valence-corrected chi connectivity index (χ0v) is 32.3. The van der Waals surface area contributed by atoms with Gasteiger partial charge < -0.3 is 0 Å². The second kappa shape index (κ2) is 13.3. The molecule has 2 aliphatic carbocycles. The number of hydrogen-bond acceptors (Lipinski definition) is 2. The van der Waals surface area contributed by atoms with Gasteiger partial charge in [-0.1, -0.05) is 36.4 Å². The standard InChI is InChI=1S/C48H36N4O.Pt/c1-32-25-33(2)49-48(26-32)52-45-24-19-38(36-7-4-3-5-8-36)27-44(45)43-23-22-42(29-46(43)52)53-41-10-6-9-40(28-41)50-30-47-37-17-15-34-11-13-35(14-12-34)16-20-39(21-18-37)51(47)31-50;/h3-14,18-19,21-27,30H,15-17,20H2,1-2H3;/q-2;. The molecule has 4 bridgehead atoms. The summed E-state index contributed by atoms with van der Waals surface area (Å²) in [5.41, 5.74) is 14.1. The SMILES string of the molecule is Cc1cc(C)nc(-n2c3[c-]c(Oc4[c-]c(-n5cc6c7ccc(n6[c]5=[Pt])CCc5ccc(cc5)CC7)ccc4)ccc3c3cc(-c4ccccc4)ccc32)c1. The molecule has 5 nitrogen and oxygen atoms in total. The minimum absolute atomic E-state index is 0.622. The van der Waals surface area contributed by atoms with Crippen LogP contribution in [-0.4, -0.2) is 18.5 Å². The van der Waals surface area contributed by atoms with Crippen molar-refractivity contribution < 1.29 is 24.1 Å². The Kier molecular flexibility index (Phi) is 8.07. The van der Waals surface area contributed by atoms with Crippen molar-refractivity contribution in [3.8, 4) is 34.1 Å². The van der Waals surface area contributed by atoms with Crippen LogP contribution in [0.4, 0.5) is 0 Å². The molecule has 4 aliphatic rings. The summed E-state index contributed by atoms with van der Waals surface area (Å²) in [5, 5.41) is 2.24. The van der Waals surface area contributed by atoms with Crippen LogP contribution in [0.2, 0.25) is 0 Å². The van der Waals surface area contributed by atoms with Gasteiger partial charge in [0.1, 0.15) is 0 Å². The van der Waals surface area contributed by atoms with Gasteiger partial charge in [0.25, 0.3) is 0 Å². The molecule has 5 aromatic carbocycles. The third-order valence-corrected chi connectivity index (χ3v) is 11.7. The average Bonchev–Trinajstić information content (AvgIpc) is 3.70. The summed E-state index contributed by atoms with van der Waals surface area (Å²) < 4.78 is 14.6. The van der Waals surface area contributed by atoms with Crippen LogP contribution in [0.15, 0.2) is 134 Å². The quantitative estimate of drug-likeness (QED) is 0.162. The van der Waals surface area contributed by atoms with Gasteiger partial charge in [-0.05, 0) is 36.6 Å². The monoisotopic (exact) mass is 879 g/mol. The van der Waals surface area contributed by atoms with Crippen molar-refractivity contribution in [2.24, 2.45) is 0 Å². The number of aryl methyl sites for hydroxylation is 6. The van der Waals surface area contributed by atoms with E-state index in [9.17, 15) is 0 Å². The molecule has 0 unspecified atom stereocenters. The first-order valence-corrected chi connectivity index (χ1v) is 19.6. The van der Waals surface area contributed by atoms with Gasteiger partial charge in [0.15, 0.2) is 0 Å². The fourth-order valence-electron chi connectivity index (χ4n) is 7.99. The first kappa shape index (κ1) is 32.8. The number of fused-ring (bicyclic) bond motifs is 3. The maximum absolute atomic E-state index is 6.59. The van der Waals surface area contributed by atoms with Crippen LogP contribution >= 0.6 is 0 Å². The molecule has 54 heavy (non-hydrogen) atoms. The summed E-state index contributed by atoms with van der Waals surface area (Å²) >= 11 is 2.47. The van der Waals surface area contributed by atoms with E-state index in [4.69, 9.17) is 9.72 Å². The molecule has 0 N–H and O–H groups in total. The number of ether oxygens (including phenoxy) is 1. The van der Waals surface area contributed by atoms with Gasteiger partial charge in [0.05, 0.1) is 0 Å². The van der Waals surface area contributed by atoms with E-state index in [2.05, 4.69) is 167 Å². The Balaban J connectivity index is 1.05. The van der Waals surface area contributed by atoms with Crippen LogP contribution in [-0.2, 0) is 45.0 Å². The predicted octanol–water partition coefficient (Wildman–Crippen LogP) is 10.9. The van der Waals surface area contributed by atoms with Crippen molar-refractivity contribution in [1.29, 1.82) is 0 Å². The molecule has 0 amide bonds. The number of imidazole rings is 1. The van der Waals surface area contributed by atoms with E-state index in [0.29, 0.717) is 11.5 Å². The van der Waals surface area contributed by atoms with Crippen molar-refractivity contribution in [1.82, 2.24) is 18.5 Å². The molecule has 0 atom stereocenters. The summed E-state index contributed by atoms with van der Waals surface area (Å²) in [7, 11) is 0. The van der Waals surface area contributed by atoms with Gasteiger partial charge in [-0.15, -0.1) is 0 Å². The number of aromatic nitrogens is 4. The van der Waals surface area contributed by atoms with Gasteiger partial charge in [-0.25, -0.2) is 0 Å². The summed E-state index contributed by atoms with van der Waals surface area (Å²) in [6, 6.07) is 52.7. The van der Waals surface area contributed by atoms with E-state index in [0.717, 1.165) is 74.1 Å². The van der Waals surface area contributed by atoms with Crippen molar-refractivity contribution in [2.45, 2.75) is 39.5 Å². The Morgan fingerprint density at radius 1 is 0.648 bits per heavy atom. The Hall–Kier alpha value is -5.77. The summed E-state index contributed by atoms with van der Waals surface area (Å²) in [5.74, 6) is 2.12. The maximum atomic E-state index is 6.59. The third-order valence-electron chi connectivity index (χ3n) is 10.6. The van der Waals surface area contributed by atoms with Crippen molar-refractivity contribution >= 4 is 27.3 Å². The Labute approximate surface area is 325 Å². The molecule has 0 fully saturated rings. The number of benzene rings is 5. The molecular weight excluding hydrogens is 844 g/mol. The van der Waals surface area contributed by atoms with Crippen LogP contribution in [0.3, 0.4) is 0 Å². The molecule has 0 saturated heterocycles. The van der Waals surface area contributed by atoms with Gasteiger partial charge in [0, 0.05) is 5.69 Å². The minimum atomic E-state index is 0.622. The molecule has 9 aromatic rings. The van der Waals surface area contributed by atoms with Crippen LogP contribution in [0.5, 0.6) is 11.5 Å². The Morgan fingerprint density at radius 2 is 1.44 bits per heavy atom. The number of hydrogen-bond donors (Lipinski definition) is 0. The van der Waals surface area contributed by atoms with Crippen LogP contribution in [0.25, 0.3) is 50.0 Å². The second-order valence-corrected chi connectivity index (χ2v) is 15.3. The molecule has 6 heterocycles. The van der Waals surface area contributed by atoms with E-state index < -0.39 is 0 Å². The van der Waals surface area contributed by atoms with Crippen molar-refractivity contribution in [2.75, 3.05) is 0 Å². The summed E-state index contributed by atoms with van der Waals surface area (Å²) in [6.07, 6.45) is 6.23. The molecule has 0 spiro atoms. The third kappa shape index (κ3) is 5.84. The Bertz CT molecular complexity index is 2930. The zero-order chi connectivity index (χ0) is 36.3. The molecule has 2 aliphatic heterocycles. The van der Waals surface area contributed by atoms with Gasteiger partial charge >= 0.3 is 248 Å². The second-order valence-electron chi connectivity index (χ2n) is 14.3. The van der Waals surface area contributed by atoms with E-state index in [1.165, 1.54) is 39.0 Å². The fraction of sp³-hybridized carbons (Fsp3) is 0.125. The molecule has 6 heteroatoms. The van der Waals surface area contributed by atoms with Crippen LogP contribution in [0, 0.1) is 29.8 Å². The van der Waals surface area contributed by atoms with Gasteiger partial charge in [-0.3, -0.25) is 0 Å². The first-order chi connectivity index (χ1) is 26.4. The average molecular weight is 880 g/mol. The van der Waals surface area contributed by atoms with E-state index in [1.54, 1.807) is 0 Å². The van der Waals surface area contributed by atoms with Crippen LogP contribution < -0.4 is 4.74 Å². The number of rotatable bonds is 5. The molecule has 4 aromatic heterocycles. The topological polar surface area (TPSA) is 36.4 Å². The summed E-state index contributed by atoms with van der Waals surface area (Å²) in [4.78, 5) is 4.98. The van der Waals surface area contributed by atoms with E-state index >= 15 is 0 Å². The van der Waals surface area contributed by atoms with Crippen molar-refractivity contribution in [3.05, 3.63) is 183 Å².